The first-order chi connectivity index (χ1) is 9.92. The molecule has 0 amide bonds. The number of cyclic esters (lactones) is 1. The van der Waals surface area contributed by atoms with Crippen molar-refractivity contribution < 1.29 is 14.3 Å². The maximum Gasteiger partial charge on any atom is 0.339 e. The summed E-state index contributed by atoms with van der Waals surface area (Å²) in [5, 5.41) is 0. The molecule has 2 heterocycles. The van der Waals surface area contributed by atoms with Crippen LogP contribution >= 0.6 is 0 Å². The lowest BCUT2D eigenvalue weighted by Gasteiger charge is -2.40. The van der Waals surface area contributed by atoms with Crippen LogP contribution in [0.25, 0.3) is 0 Å². The van der Waals surface area contributed by atoms with Gasteiger partial charge in [-0.1, -0.05) is 18.2 Å². The molecule has 0 radical (unpaired) electrons. The monoisotopic (exact) mass is 284 g/mol. The van der Waals surface area contributed by atoms with E-state index in [1.807, 2.05) is 26.0 Å². The number of fused-ring (bicyclic) bond motifs is 1. The molecule has 0 fully saturated rings. The van der Waals surface area contributed by atoms with Gasteiger partial charge in [0, 0.05) is 6.92 Å². The smallest absolute Gasteiger partial charge is 0.339 e. The van der Waals surface area contributed by atoms with Gasteiger partial charge in [0.1, 0.15) is 17.3 Å². The Hall–Kier alpha value is -2.43. The highest BCUT2D eigenvalue weighted by atomic mass is 16.6. The number of benzene rings is 1. The van der Waals surface area contributed by atoms with Crippen molar-refractivity contribution in [2.24, 2.45) is 0 Å². The Morgan fingerprint density at radius 1 is 1.33 bits per heavy atom. The molecule has 1 aliphatic rings. The molecule has 108 valence electrons. The highest BCUT2D eigenvalue weighted by Gasteiger charge is 2.43. The number of Topliss-reactive ketones (excluding diaryl/α,β-unsaturated/α-hetero) is 1. The molecule has 0 N–H and O–H groups in total. The van der Waals surface area contributed by atoms with Crippen LogP contribution < -0.4 is 0 Å². The molecule has 0 aliphatic carbocycles. The van der Waals surface area contributed by atoms with Gasteiger partial charge in [-0.15, -0.1) is 0 Å². The summed E-state index contributed by atoms with van der Waals surface area (Å²) in [6, 6.07) is 7.03. The third-order valence-electron chi connectivity index (χ3n) is 3.79. The molecular formula is C16H16N2O3. The molecule has 2 aromatic rings. The van der Waals surface area contributed by atoms with E-state index in [-0.39, 0.29) is 17.8 Å². The van der Waals surface area contributed by atoms with Crippen LogP contribution in [0, 0.1) is 0 Å². The molecule has 1 aromatic carbocycles. The average molecular weight is 284 g/mol. The summed E-state index contributed by atoms with van der Waals surface area (Å²) in [7, 11) is 0. The lowest BCUT2D eigenvalue weighted by molar-refractivity contribution is -0.0263. The second kappa shape index (κ2) is 4.55. The molecule has 1 unspecified atom stereocenters. The fraction of sp³-hybridized carbons (Fsp3) is 0.312. The van der Waals surface area contributed by atoms with Crippen molar-refractivity contribution in [3.8, 4) is 0 Å². The Kier molecular flexibility index (Phi) is 2.93. The van der Waals surface area contributed by atoms with E-state index in [0.717, 1.165) is 5.56 Å². The Bertz CT molecular complexity index is 731. The maximum absolute atomic E-state index is 12.1. The number of ether oxygens (including phenoxy) is 1. The highest BCUT2D eigenvalue weighted by molar-refractivity contribution is 5.94. The number of hydrogen-bond donors (Lipinski definition) is 0. The lowest BCUT2D eigenvalue weighted by Crippen LogP contribution is -2.44. The van der Waals surface area contributed by atoms with Gasteiger partial charge in [0.2, 0.25) is 0 Å². The zero-order valence-electron chi connectivity index (χ0n) is 12.2. The van der Waals surface area contributed by atoms with Gasteiger partial charge >= 0.3 is 5.97 Å². The van der Waals surface area contributed by atoms with Gasteiger partial charge in [0.15, 0.2) is 5.78 Å². The first kappa shape index (κ1) is 13.5. The maximum atomic E-state index is 12.1. The Morgan fingerprint density at radius 3 is 2.76 bits per heavy atom. The Labute approximate surface area is 122 Å². The second-order valence-electron chi connectivity index (χ2n) is 5.73. The summed E-state index contributed by atoms with van der Waals surface area (Å²) < 4.78 is 7.36. The predicted molar refractivity (Wildman–Crippen MR) is 76.3 cm³/mol. The SMILES string of the molecule is CC(=O)c1cncn1C1c2ccccc2C(=O)OC1(C)C. The van der Waals surface area contributed by atoms with E-state index in [1.165, 1.54) is 13.1 Å². The quantitative estimate of drug-likeness (QED) is 0.628. The van der Waals surface area contributed by atoms with E-state index in [2.05, 4.69) is 4.98 Å². The van der Waals surface area contributed by atoms with Gasteiger partial charge in [-0.3, -0.25) is 4.79 Å². The molecule has 1 atom stereocenters. The number of imidazole rings is 1. The average Bonchev–Trinajstić information content (AvgIpc) is 2.87. The van der Waals surface area contributed by atoms with Crippen LogP contribution in [0.3, 0.4) is 0 Å². The fourth-order valence-electron chi connectivity index (χ4n) is 2.91. The topological polar surface area (TPSA) is 61.2 Å². The fourth-order valence-corrected chi connectivity index (χ4v) is 2.91. The summed E-state index contributed by atoms with van der Waals surface area (Å²) >= 11 is 0. The summed E-state index contributed by atoms with van der Waals surface area (Å²) in [5.41, 5.74) is 1.11. The first-order valence-electron chi connectivity index (χ1n) is 6.77. The van der Waals surface area contributed by atoms with Crippen LogP contribution in [0.15, 0.2) is 36.8 Å². The molecular weight excluding hydrogens is 268 g/mol. The first-order valence-corrected chi connectivity index (χ1v) is 6.77. The standard InChI is InChI=1S/C16H16N2O3/c1-10(19)13-8-17-9-18(13)14-11-6-4-5-7-12(11)15(20)21-16(14,2)3/h4-9,14H,1-3H3. The van der Waals surface area contributed by atoms with E-state index in [1.54, 1.807) is 23.0 Å². The molecule has 1 aliphatic heterocycles. The molecule has 0 spiro atoms. The largest absolute Gasteiger partial charge is 0.453 e. The second-order valence-corrected chi connectivity index (χ2v) is 5.73. The van der Waals surface area contributed by atoms with Crippen molar-refractivity contribution in [1.29, 1.82) is 0 Å². The van der Waals surface area contributed by atoms with Crippen LogP contribution in [0.5, 0.6) is 0 Å². The summed E-state index contributed by atoms with van der Waals surface area (Å²) in [6.45, 7) is 5.19. The zero-order valence-corrected chi connectivity index (χ0v) is 12.2. The molecule has 0 saturated carbocycles. The minimum atomic E-state index is -0.768. The van der Waals surface area contributed by atoms with E-state index in [9.17, 15) is 9.59 Å². The Balaban J connectivity index is 2.24. The van der Waals surface area contributed by atoms with Gasteiger partial charge in [-0.2, -0.15) is 0 Å². The van der Waals surface area contributed by atoms with Crippen LogP contribution in [0.1, 0.15) is 53.2 Å². The van der Waals surface area contributed by atoms with Crippen LogP contribution in [-0.4, -0.2) is 26.9 Å². The molecule has 0 saturated heterocycles. The van der Waals surface area contributed by atoms with Crippen LogP contribution in [0.2, 0.25) is 0 Å². The number of aromatic nitrogens is 2. The van der Waals surface area contributed by atoms with E-state index >= 15 is 0 Å². The number of carbonyl (C=O) groups excluding carboxylic acids is 2. The van der Waals surface area contributed by atoms with E-state index in [0.29, 0.717) is 11.3 Å². The minimum absolute atomic E-state index is 0.0716. The number of nitrogens with zero attached hydrogens (tertiary/aromatic N) is 2. The molecule has 5 nitrogen and oxygen atoms in total. The third kappa shape index (κ3) is 2.05. The van der Waals surface area contributed by atoms with Crippen LogP contribution in [-0.2, 0) is 4.74 Å². The number of rotatable bonds is 2. The van der Waals surface area contributed by atoms with Gasteiger partial charge in [0.25, 0.3) is 0 Å². The number of esters is 1. The molecule has 5 heteroatoms. The highest BCUT2D eigenvalue weighted by Crippen LogP contribution is 2.40. The number of carbonyl (C=O) groups is 2. The van der Waals surface area contributed by atoms with Gasteiger partial charge in [-0.05, 0) is 25.5 Å². The summed E-state index contributed by atoms with van der Waals surface area (Å²) in [5.74, 6) is -0.408. The number of ketones is 1. The van der Waals surface area contributed by atoms with E-state index < -0.39 is 5.60 Å². The van der Waals surface area contributed by atoms with Crippen molar-refractivity contribution in [3.05, 3.63) is 53.6 Å². The van der Waals surface area contributed by atoms with Crippen LogP contribution in [0.4, 0.5) is 0 Å². The molecule has 1 aromatic heterocycles. The minimum Gasteiger partial charge on any atom is -0.453 e. The van der Waals surface area contributed by atoms with E-state index in [4.69, 9.17) is 4.74 Å². The molecule has 21 heavy (non-hydrogen) atoms. The molecule has 3 rings (SSSR count). The van der Waals surface area contributed by atoms with Crippen molar-refractivity contribution in [2.75, 3.05) is 0 Å². The number of hydrogen-bond acceptors (Lipinski definition) is 4. The molecule has 0 bridgehead atoms. The van der Waals surface area contributed by atoms with Crippen molar-refractivity contribution in [1.82, 2.24) is 9.55 Å². The summed E-state index contributed by atoms with van der Waals surface area (Å²) in [4.78, 5) is 28.0. The predicted octanol–water partition coefficient (Wildman–Crippen LogP) is 2.62. The van der Waals surface area contributed by atoms with Gasteiger partial charge < -0.3 is 9.30 Å². The van der Waals surface area contributed by atoms with Gasteiger partial charge in [-0.25, -0.2) is 9.78 Å². The van der Waals surface area contributed by atoms with Crippen molar-refractivity contribution in [2.45, 2.75) is 32.4 Å². The lowest BCUT2D eigenvalue weighted by atomic mass is 9.85. The van der Waals surface area contributed by atoms with Crippen molar-refractivity contribution >= 4 is 11.8 Å². The third-order valence-corrected chi connectivity index (χ3v) is 3.79. The van der Waals surface area contributed by atoms with Crippen molar-refractivity contribution in [3.63, 3.8) is 0 Å². The normalized spacial score (nSPS) is 19.8. The van der Waals surface area contributed by atoms with Gasteiger partial charge in [0.05, 0.1) is 18.1 Å². The Morgan fingerprint density at radius 2 is 2.05 bits per heavy atom. The zero-order chi connectivity index (χ0) is 15.2. The summed E-state index contributed by atoms with van der Waals surface area (Å²) in [6.07, 6.45) is 3.15.